The van der Waals surface area contributed by atoms with E-state index in [1.165, 1.54) is 11.1 Å². The average molecular weight is 378 g/mol. The van der Waals surface area contributed by atoms with Gasteiger partial charge in [0.2, 0.25) is 0 Å². The second-order valence-corrected chi connectivity index (χ2v) is 7.12. The van der Waals surface area contributed by atoms with Crippen molar-refractivity contribution in [2.24, 2.45) is 0 Å². The summed E-state index contributed by atoms with van der Waals surface area (Å²) in [6.45, 7) is 6.15. The highest BCUT2D eigenvalue weighted by Gasteiger charge is 2.21. The summed E-state index contributed by atoms with van der Waals surface area (Å²) in [6, 6.07) is 13.6. The smallest absolute Gasteiger partial charge is 0.321 e. The van der Waals surface area contributed by atoms with Gasteiger partial charge in [-0.3, -0.25) is 4.90 Å². The van der Waals surface area contributed by atoms with Gasteiger partial charge in [-0.2, -0.15) is 0 Å². The number of piperazine rings is 1. The van der Waals surface area contributed by atoms with E-state index in [9.17, 15) is 4.79 Å². The minimum atomic E-state index is -0.103. The van der Waals surface area contributed by atoms with Crippen LogP contribution < -0.4 is 5.32 Å². The third-order valence-corrected chi connectivity index (χ3v) is 5.10. The lowest BCUT2D eigenvalue weighted by atomic mass is 10.1. The molecule has 1 heterocycles. The van der Waals surface area contributed by atoms with E-state index in [1.807, 2.05) is 4.90 Å². The molecule has 3 rings (SSSR count). The van der Waals surface area contributed by atoms with Crippen LogP contribution in [0, 0.1) is 6.92 Å². The number of nitrogens with zero attached hydrogens (tertiary/aromatic N) is 2. The Morgan fingerprint density at radius 1 is 1.00 bits per heavy atom. The highest BCUT2D eigenvalue weighted by Crippen LogP contribution is 2.25. The van der Waals surface area contributed by atoms with Gasteiger partial charge in [-0.1, -0.05) is 53.0 Å². The van der Waals surface area contributed by atoms with Crippen molar-refractivity contribution in [1.29, 1.82) is 0 Å². The van der Waals surface area contributed by atoms with Crippen molar-refractivity contribution < 1.29 is 4.79 Å². The van der Waals surface area contributed by atoms with Crippen LogP contribution in [0.15, 0.2) is 42.5 Å². The Hall–Kier alpha value is -1.75. The molecule has 6 heteroatoms. The Bertz CT molecular complexity index is 741. The first-order valence-electron chi connectivity index (χ1n) is 8.30. The third-order valence-electron chi connectivity index (χ3n) is 4.36. The number of carbonyl (C=O) groups is 1. The van der Waals surface area contributed by atoms with Gasteiger partial charge in [0.15, 0.2) is 0 Å². The first-order valence-corrected chi connectivity index (χ1v) is 9.06. The summed E-state index contributed by atoms with van der Waals surface area (Å²) in [6.07, 6.45) is 0. The second-order valence-electron chi connectivity index (χ2n) is 6.31. The molecule has 0 unspecified atom stereocenters. The Balaban J connectivity index is 1.50. The zero-order chi connectivity index (χ0) is 17.8. The molecule has 0 aliphatic carbocycles. The predicted molar refractivity (Wildman–Crippen MR) is 104 cm³/mol. The van der Waals surface area contributed by atoms with Crippen molar-refractivity contribution in [3.05, 3.63) is 63.6 Å². The fourth-order valence-electron chi connectivity index (χ4n) is 2.84. The molecule has 25 heavy (non-hydrogen) atoms. The van der Waals surface area contributed by atoms with E-state index in [2.05, 4.69) is 41.4 Å². The Morgan fingerprint density at radius 3 is 2.32 bits per heavy atom. The second kappa shape index (κ2) is 8.09. The van der Waals surface area contributed by atoms with Crippen LogP contribution >= 0.6 is 23.2 Å². The van der Waals surface area contributed by atoms with Crippen LogP contribution in [0.5, 0.6) is 0 Å². The Morgan fingerprint density at radius 2 is 1.68 bits per heavy atom. The van der Waals surface area contributed by atoms with Gasteiger partial charge < -0.3 is 10.2 Å². The highest BCUT2D eigenvalue weighted by molar-refractivity contribution is 6.42. The summed E-state index contributed by atoms with van der Waals surface area (Å²) in [5.41, 5.74) is 3.23. The molecule has 1 N–H and O–H groups in total. The molecule has 0 spiro atoms. The largest absolute Gasteiger partial charge is 0.322 e. The molecule has 1 aliphatic heterocycles. The van der Waals surface area contributed by atoms with Gasteiger partial charge in [-0.25, -0.2) is 4.79 Å². The van der Waals surface area contributed by atoms with Gasteiger partial charge in [-0.15, -0.1) is 0 Å². The van der Waals surface area contributed by atoms with E-state index in [4.69, 9.17) is 23.2 Å². The lowest BCUT2D eigenvalue weighted by Gasteiger charge is -2.34. The van der Waals surface area contributed by atoms with Gasteiger partial charge in [0.1, 0.15) is 0 Å². The molecular formula is C19H21Cl2N3O. The predicted octanol–water partition coefficient (Wildman–Crippen LogP) is 4.65. The van der Waals surface area contributed by atoms with E-state index in [-0.39, 0.29) is 6.03 Å². The monoisotopic (exact) mass is 377 g/mol. The van der Waals surface area contributed by atoms with Gasteiger partial charge in [0.05, 0.1) is 10.0 Å². The van der Waals surface area contributed by atoms with Crippen LogP contribution in [0.2, 0.25) is 10.0 Å². The van der Waals surface area contributed by atoms with Crippen molar-refractivity contribution in [1.82, 2.24) is 9.80 Å². The van der Waals surface area contributed by atoms with Crippen LogP contribution in [-0.4, -0.2) is 42.0 Å². The lowest BCUT2D eigenvalue weighted by molar-refractivity contribution is 0.143. The summed E-state index contributed by atoms with van der Waals surface area (Å²) in [5, 5.41) is 3.78. The van der Waals surface area contributed by atoms with Crippen molar-refractivity contribution in [3.8, 4) is 0 Å². The zero-order valence-corrected chi connectivity index (χ0v) is 15.6. The minimum Gasteiger partial charge on any atom is -0.322 e. The van der Waals surface area contributed by atoms with Crippen LogP contribution in [-0.2, 0) is 6.54 Å². The standard InChI is InChI=1S/C19H21Cl2N3O/c1-14-2-4-15(5-3-14)13-23-8-10-24(11-9-23)19(25)22-16-6-7-17(20)18(21)12-16/h2-7,12H,8-11,13H2,1H3,(H,22,25). The summed E-state index contributed by atoms with van der Waals surface area (Å²) in [4.78, 5) is 16.6. The quantitative estimate of drug-likeness (QED) is 0.844. The molecule has 0 saturated carbocycles. The maximum Gasteiger partial charge on any atom is 0.321 e. The van der Waals surface area contributed by atoms with Crippen molar-refractivity contribution in [2.75, 3.05) is 31.5 Å². The number of aryl methyl sites for hydroxylation is 1. The Kier molecular flexibility index (Phi) is 5.84. The third kappa shape index (κ3) is 4.88. The molecule has 1 fully saturated rings. The van der Waals surface area contributed by atoms with E-state index in [0.717, 1.165) is 19.6 Å². The van der Waals surface area contributed by atoms with Gasteiger partial charge in [0, 0.05) is 38.4 Å². The van der Waals surface area contributed by atoms with Crippen LogP contribution in [0.4, 0.5) is 10.5 Å². The molecule has 0 bridgehead atoms. The maximum atomic E-state index is 12.4. The number of halogens is 2. The minimum absolute atomic E-state index is 0.103. The van der Waals surface area contributed by atoms with E-state index in [0.29, 0.717) is 28.8 Å². The van der Waals surface area contributed by atoms with Crippen LogP contribution in [0.3, 0.4) is 0 Å². The average Bonchev–Trinajstić information content (AvgIpc) is 2.61. The molecular weight excluding hydrogens is 357 g/mol. The van der Waals surface area contributed by atoms with Crippen LogP contribution in [0.25, 0.3) is 0 Å². The number of anilines is 1. The fourth-order valence-corrected chi connectivity index (χ4v) is 3.14. The molecule has 0 radical (unpaired) electrons. The molecule has 4 nitrogen and oxygen atoms in total. The molecule has 1 saturated heterocycles. The number of rotatable bonds is 3. The number of nitrogens with one attached hydrogen (secondary N) is 1. The molecule has 0 aromatic heterocycles. The Labute approximate surface area is 158 Å². The van der Waals surface area contributed by atoms with Crippen molar-refractivity contribution >= 4 is 34.9 Å². The van der Waals surface area contributed by atoms with E-state index < -0.39 is 0 Å². The molecule has 132 valence electrons. The number of hydrogen-bond donors (Lipinski definition) is 1. The summed E-state index contributed by atoms with van der Waals surface area (Å²) in [5.74, 6) is 0. The molecule has 1 aliphatic rings. The number of benzene rings is 2. The zero-order valence-electron chi connectivity index (χ0n) is 14.1. The number of amides is 2. The van der Waals surface area contributed by atoms with E-state index in [1.54, 1.807) is 18.2 Å². The molecule has 2 aromatic rings. The van der Waals surface area contributed by atoms with Crippen LogP contribution in [0.1, 0.15) is 11.1 Å². The van der Waals surface area contributed by atoms with Gasteiger partial charge in [0.25, 0.3) is 0 Å². The lowest BCUT2D eigenvalue weighted by Crippen LogP contribution is -2.49. The topological polar surface area (TPSA) is 35.6 Å². The summed E-state index contributed by atoms with van der Waals surface area (Å²) in [7, 11) is 0. The number of hydrogen-bond acceptors (Lipinski definition) is 2. The molecule has 0 atom stereocenters. The molecule has 2 amide bonds. The summed E-state index contributed by atoms with van der Waals surface area (Å²) >= 11 is 11.9. The van der Waals surface area contributed by atoms with Crippen molar-refractivity contribution in [2.45, 2.75) is 13.5 Å². The molecule has 2 aromatic carbocycles. The first-order chi connectivity index (χ1) is 12.0. The maximum absolute atomic E-state index is 12.4. The van der Waals surface area contributed by atoms with E-state index >= 15 is 0 Å². The highest BCUT2D eigenvalue weighted by atomic mass is 35.5. The number of urea groups is 1. The van der Waals surface area contributed by atoms with Gasteiger partial charge in [-0.05, 0) is 30.7 Å². The SMILES string of the molecule is Cc1ccc(CN2CCN(C(=O)Nc3ccc(Cl)c(Cl)c3)CC2)cc1. The van der Waals surface area contributed by atoms with Crippen molar-refractivity contribution in [3.63, 3.8) is 0 Å². The normalized spacial score (nSPS) is 15.2. The van der Waals surface area contributed by atoms with Gasteiger partial charge >= 0.3 is 6.03 Å². The summed E-state index contributed by atoms with van der Waals surface area (Å²) < 4.78 is 0. The first kappa shape index (κ1) is 18.1. The number of carbonyl (C=O) groups excluding carboxylic acids is 1. The fraction of sp³-hybridized carbons (Fsp3) is 0.316.